The van der Waals surface area contributed by atoms with Crippen molar-refractivity contribution in [3.63, 3.8) is 0 Å². The Morgan fingerprint density at radius 3 is 2.15 bits per heavy atom. The largest absolute Gasteiger partial charge is 0.399 e. The predicted octanol–water partition coefficient (Wildman–Crippen LogP) is 2.60. The smallest absolute Gasteiger partial charge is 0.240 e. The van der Waals surface area contributed by atoms with Crippen molar-refractivity contribution in [3.8, 4) is 0 Å². The zero-order valence-electron chi connectivity index (χ0n) is 13.5. The molecule has 0 fully saturated rings. The fraction of sp³-hybridized carbons (Fsp3) is 0.562. The highest BCUT2D eigenvalue weighted by Crippen LogP contribution is 2.23. The molecule has 0 saturated heterocycles. The molecule has 112 valence electrons. The van der Waals surface area contributed by atoms with E-state index in [1.54, 1.807) is 24.1 Å². The number of anilines is 2. The lowest BCUT2D eigenvalue weighted by atomic mass is 9.87. The van der Waals surface area contributed by atoms with Gasteiger partial charge in [0, 0.05) is 24.5 Å². The van der Waals surface area contributed by atoms with Crippen LogP contribution in [0.15, 0.2) is 24.3 Å². The third-order valence-electron chi connectivity index (χ3n) is 3.95. The monoisotopic (exact) mass is 277 g/mol. The number of benzene rings is 1. The molecule has 0 spiro atoms. The van der Waals surface area contributed by atoms with Gasteiger partial charge in [-0.25, -0.2) is 0 Å². The molecule has 1 unspecified atom stereocenters. The molecule has 1 atom stereocenters. The maximum absolute atomic E-state index is 12.3. The third-order valence-corrected chi connectivity index (χ3v) is 3.95. The van der Waals surface area contributed by atoms with Gasteiger partial charge in [-0.05, 0) is 43.7 Å². The van der Waals surface area contributed by atoms with Crippen LogP contribution in [0.1, 0.15) is 27.7 Å². The molecule has 4 heteroatoms. The molecule has 1 rings (SSSR count). The summed E-state index contributed by atoms with van der Waals surface area (Å²) in [5, 5.41) is 0. The van der Waals surface area contributed by atoms with Crippen LogP contribution >= 0.6 is 0 Å². The Labute approximate surface area is 122 Å². The number of hydrogen-bond acceptors (Lipinski definition) is 3. The highest BCUT2D eigenvalue weighted by atomic mass is 16.2. The molecule has 1 aromatic rings. The topological polar surface area (TPSA) is 49.6 Å². The Hall–Kier alpha value is -1.55. The molecule has 20 heavy (non-hydrogen) atoms. The van der Waals surface area contributed by atoms with Crippen molar-refractivity contribution in [1.82, 2.24) is 4.90 Å². The SMILES string of the molecule is CC(N(C)CC(=O)N(C)c1ccc(N)cc1)C(C)(C)C. The first-order valence-electron chi connectivity index (χ1n) is 6.95. The molecular formula is C16H27N3O. The van der Waals surface area contributed by atoms with Crippen LogP contribution in [0.4, 0.5) is 11.4 Å². The van der Waals surface area contributed by atoms with E-state index in [2.05, 4.69) is 32.6 Å². The van der Waals surface area contributed by atoms with Crippen LogP contribution in [0.3, 0.4) is 0 Å². The summed E-state index contributed by atoms with van der Waals surface area (Å²) in [5.41, 5.74) is 7.37. The molecule has 1 aromatic carbocycles. The summed E-state index contributed by atoms with van der Waals surface area (Å²) in [4.78, 5) is 16.1. The molecule has 0 aliphatic heterocycles. The minimum Gasteiger partial charge on any atom is -0.399 e. The average Bonchev–Trinajstić information content (AvgIpc) is 2.36. The number of hydrogen-bond donors (Lipinski definition) is 1. The molecule has 0 radical (unpaired) electrons. The Morgan fingerprint density at radius 2 is 1.70 bits per heavy atom. The van der Waals surface area contributed by atoms with Crippen LogP contribution in [-0.2, 0) is 4.79 Å². The van der Waals surface area contributed by atoms with E-state index in [4.69, 9.17) is 5.73 Å². The molecule has 4 nitrogen and oxygen atoms in total. The van der Waals surface area contributed by atoms with Gasteiger partial charge in [-0.3, -0.25) is 9.69 Å². The van der Waals surface area contributed by atoms with Gasteiger partial charge in [0.1, 0.15) is 0 Å². The Balaban J connectivity index is 2.69. The number of nitrogens with zero attached hydrogens (tertiary/aromatic N) is 2. The van der Waals surface area contributed by atoms with Gasteiger partial charge in [0.2, 0.25) is 5.91 Å². The molecule has 0 saturated carbocycles. The number of likely N-dealkylation sites (N-methyl/N-ethyl adjacent to an activating group) is 2. The maximum atomic E-state index is 12.3. The van der Waals surface area contributed by atoms with E-state index in [1.165, 1.54) is 0 Å². The Morgan fingerprint density at radius 1 is 1.20 bits per heavy atom. The summed E-state index contributed by atoms with van der Waals surface area (Å²) in [6, 6.07) is 7.66. The van der Waals surface area contributed by atoms with Crippen LogP contribution in [0.2, 0.25) is 0 Å². The normalized spacial score (nSPS) is 13.3. The van der Waals surface area contributed by atoms with E-state index in [0.29, 0.717) is 18.3 Å². The van der Waals surface area contributed by atoms with Crippen molar-refractivity contribution >= 4 is 17.3 Å². The Kier molecular flexibility index (Phi) is 5.17. The summed E-state index contributed by atoms with van der Waals surface area (Å²) < 4.78 is 0. The van der Waals surface area contributed by atoms with Crippen molar-refractivity contribution in [1.29, 1.82) is 0 Å². The van der Waals surface area contributed by atoms with Crippen LogP contribution < -0.4 is 10.6 Å². The van der Waals surface area contributed by atoms with Gasteiger partial charge in [-0.2, -0.15) is 0 Å². The van der Waals surface area contributed by atoms with E-state index in [-0.39, 0.29) is 11.3 Å². The summed E-state index contributed by atoms with van der Waals surface area (Å²) in [7, 11) is 3.79. The van der Waals surface area contributed by atoms with Crippen LogP contribution in [0.25, 0.3) is 0 Å². The summed E-state index contributed by atoms with van der Waals surface area (Å²) in [6.45, 7) is 9.10. The van der Waals surface area contributed by atoms with E-state index < -0.39 is 0 Å². The second kappa shape index (κ2) is 6.27. The molecule has 0 aromatic heterocycles. The van der Waals surface area contributed by atoms with E-state index in [0.717, 1.165) is 5.69 Å². The molecule has 0 heterocycles. The van der Waals surface area contributed by atoms with Crippen molar-refractivity contribution in [3.05, 3.63) is 24.3 Å². The first kappa shape index (κ1) is 16.5. The first-order valence-corrected chi connectivity index (χ1v) is 6.95. The summed E-state index contributed by atoms with van der Waals surface area (Å²) in [5.74, 6) is 0.0772. The maximum Gasteiger partial charge on any atom is 0.240 e. The fourth-order valence-electron chi connectivity index (χ4n) is 1.96. The second-order valence-corrected chi connectivity index (χ2v) is 6.50. The number of rotatable bonds is 4. The molecule has 1 amide bonds. The lowest BCUT2D eigenvalue weighted by Crippen LogP contribution is -2.45. The standard InChI is InChI=1S/C16H27N3O/c1-12(16(2,3)4)18(5)11-15(20)19(6)14-9-7-13(17)8-10-14/h7-10,12H,11,17H2,1-6H3. The van der Waals surface area contributed by atoms with Crippen LogP contribution in [0, 0.1) is 5.41 Å². The molecule has 0 aliphatic rings. The van der Waals surface area contributed by atoms with Gasteiger partial charge in [-0.15, -0.1) is 0 Å². The zero-order valence-corrected chi connectivity index (χ0v) is 13.5. The summed E-state index contributed by atoms with van der Waals surface area (Å²) >= 11 is 0. The molecule has 0 aliphatic carbocycles. The highest BCUT2D eigenvalue weighted by Gasteiger charge is 2.25. The van der Waals surface area contributed by atoms with Gasteiger partial charge in [0.15, 0.2) is 0 Å². The van der Waals surface area contributed by atoms with E-state index in [9.17, 15) is 4.79 Å². The second-order valence-electron chi connectivity index (χ2n) is 6.50. The Bertz CT molecular complexity index is 448. The van der Waals surface area contributed by atoms with Crippen molar-refractivity contribution < 1.29 is 4.79 Å². The van der Waals surface area contributed by atoms with Gasteiger partial charge >= 0.3 is 0 Å². The van der Waals surface area contributed by atoms with E-state index >= 15 is 0 Å². The molecule has 2 N–H and O–H groups in total. The fourth-order valence-corrected chi connectivity index (χ4v) is 1.96. The van der Waals surface area contributed by atoms with Gasteiger partial charge in [-0.1, -0.05) is 20.8 Å². The number of carbonyl (C=O) groups excluding carboxylic acids is 1. The van der Waals surface area contributed by atoms with Crippen LogP contribution in [0.5, 0.6) is 0 Å². The lowest BCUT2D eigenvalue weighted by molar-refractivity contribution is -0.120. The lowest BCUT2D eigenvalue weighted by Gasteiger charge is -2.35. The number of nitrogens with two attached hydrogens (primary N) is 1. The third kappa shape index (κ3) is 4.23. The minimum absolute atomic E-state index is 0.0772. The average molecular weight is 277 g/mol. The summed E-state index contributed by atoms with van der Waals surface area (Å²) in [6.07, 6.45) is 0. The number of amides is 1. The predicted molar refractivity (Wildman–Crippen MR) is 85.8 cm³/mol. The van der Waals surface area contributed by atoms with Gasteiger partial charge in [0.05, 0.1) is 6.54 Å². The number of carbonyl (C=O) groups is 1. The van der Waals surface area contributed by atoms with E-state index in [1.807, 2.05) is 19.2 Å². The minimum atomic E-state index is 0.0772. The highest BCUT2D eigenvalue weighted by molar-refractivity contribution is 5.94. The quantitative estimate of drug-likeness (QED) is 0.861. The van der Waals surface area contributed by atoms with Crippen molar-refractivity contribution in [2.24, 2.45) is 5.41 Å². The zero-order chi connectivity index (χ0) is 15.5. The van der Waals surface area contributed by atoms with Gasteiger partial charge < -0.3 is 10.6 Å². The number of nitrogen functional groups attached to an aromatic ring is 1. The molecule has 0 bridgehead atoms. The van der Waals surface area contributed by atoms with Crippen LogP contribution in [-0.4, -0.2) is 37.5 Å². The van der Waals surface area contributed by atoms with Gasteiger partial charge in [0.25, 0.3) is 0 Å². The van der Waals surface area contributed by atoms with Crippen molar-refractivity contribution in [2.45, 2.75) is 33.7 Å². The van der Waals surface area contributed by atoms with Crippen molar-refractivity contribution in [2.75, 3.05) is 31.3 Å². The first-order chi connectivity index (χ1) is 9.12. The molecular weight excluding hydrogens is 250 g/mol.